The minimum Gasteiger partial charge on any atom is -0.481 e. The Balaban J connectivity index is 2.19. The minimum absolute atomic E-state index is 0.00944. The van der Waals surface area contributed by atoms with Crippen LogP contribution in [0.3, 0.4) is 0 Å². The molecule has 150 valence electrons. The Labute approximate surface area is 165 Å². The molecule has 0 spiro atoms. The SMILES string of the molecule is CC[C@H](C(=O)NC(C)C)N(Cc1ccccc1)C(=O)COc1ccccc1F. The van der Waals surface area contributed by atoms with Crippen molar-refractivity contribution in [2.45, 2.75) is 45.8 Å². The van der Waals surface area contributed by atoms with Gasteiger partial charge in [-0.05, 0) is 38.0 Å². The first-order valence-corrected chi connectivity index (χ1v) is 9.43. The average molecular weight is 386 g/mol. The van der Waals surface area contributed by atoms with Crippen molar-refractivity contribution in [3.05, 3.63) is 66.0 Å². The number of amides is 2. The lowest BCUT2D eigenvalue weighted by atomic mass is 10.1. The summed E-state index contributed by atoms with van der Waals surface area (Å²) in [5.41, 5.74) is 0.900. The van der Waals surface area contributed by atoms with Crippen LogP contribution in [0.2, 0.25) is 0 Å². The predicted octanol–water partition coefficient (Wildman–Crippen LogP) is 3.54. The minimum atomic E-state index is -0.640. The van der Waals surface area contributed by atoms with Crippen molar-refractivity contribution >= 4 is 11.8 Å². The van der Waals surface area contributed by atoms with Crippen LogP contribution in [0, 0.1) is 5.82 Å². The van der Waals surface area contributed by atoms with E-state index in [1.54, 1.807) is 12.1 Å². The van der Waals surface area contributed by atoms with Crippen molar-refractivity contribution in [2.24, 2.45) is 0 Å². The van der Waals surface area contributed by atoms with E-state index in [-0.39, 0.29) is 36.8 Å². The van der Waals surface area contributed by atoms with Crippen molar-refractivity contribution in [3.8, 4) is 5.75 Å². The van der Waals surface area contributed by atoms with E-state index in [1.807, 2.05) is 51.1 Å². The topological polar surface area (TPSA) is 58.6 Å². The number of carbonyl (C=O) groups is 2. The van der Waals surface area contributed by atoms with Crippen molar-refractivity contribution in [1.29, 1.82) is 0 Å². The second kappa shape index (κ2) is 10.4. The molecule has 0 aromatic heterocycles. The number of nitrogens with one attached hydrogen (secondary N) is 1. The Morgan fingerprint density at radius 2 is 1.71 bits per heavy atom. The molecule has 0 unspecified atom stereocenters. The maximum Gasteiger partial charge on any atom is 0.261 e. The van der Waals surface area contributed by atoms with E-state index in [1.165, 1.54) is 17.0 Å². The van der Waals surface area contributed by atoms with E-state index in [9.17, 15) is 14.0 Å². The molecule has 1 atom stereocenters. The summed E-state index contributed by atoms with van der Waals surface area (Å²) < 4.78 is 19.1. The third-order valence-corrected chi connectivity index (χ3v) is 4.20. The molecule has 28 heavy (non-hydrogen) atoms. The van der Waals surface area contributed by atoms with Crippen LogP contribution in [-0.2, 0) is 16.1 Å². The maximum atomic E-state index is 13.8. The quantitative estimate of drug-likeness (QED) is 0.717. The molecule has 0 saturated carbocycles. The average Bonchev–Trinajstić information content (AvgIpc) is 2.67. The Hall–Kier alpha value is -2.89. The van der Waals surface area contributed by atoms with E-state index >= 15 is 0 Å². The van der Waals surface area contributed by atoms with Gasteiger partial charge in [0.15, 0.2) is 18.2 Å². The normalized spacial score (nSPS) is 11.8. The molecule has 2 aromatic carbocycles. The summed E-state index contributed by atoms with van der Waals surface area (Å²) in [6.45, 7) is 5.52. The fourth-order valence-electron chi connectivity index (χ4n) is 2.86. The third kappa shape index (κ3) is 6.08. The molecule has 5 nitrogen and oxygen atoms in total. The molecule has 0 saturated heterocycles. The van der Waals surface area contributed by atoms with Crippen molar-refractivity contribution in [2.75, 3.05) is 6.61 Å². The summed E-state index contributed by atoms with van der Waals surface area (Å²) in [6, 6.07) is 14.7. The molecule has 1 N–H and O–H groups in total. The fourth-order valence-corrected chi connectivity index (χ4v) is 2.86. The highest BCUT2D eigenvalue weighted by Crippen LogP contribution is 2.17. The number of rotatable bonds is 9. The predicted molar refractivity (Wildman–Crippen MR) is 106 cm³/mol. The molecular formula is C22H27FN2O3. The zero-order chi connectivity index (χ0) is 20.5. The maximum absolute atomic E-state index is 13.8. The summed E-state index contributed by atoms with van der Waals surface area (Å²) in [4.78, 5) is 27.1. The van der Waals surface area contributed by atoms with Gasteiger partial charge in [-0.3, -0.25) is 9.59 Å². The van der Waals surface area contributed by atoms with E-state index < -0.39 is 11.9 Å². The first-order valence-electron chi connectivity index (χ1n) is 9.43. The van der Waals surface area contributed by atoms with Gasteiger partial charge >= 0.3 is 0 Å². The molecule has 0 aliphatic carbocycles. The lowest BCUT2D eigenvalue weighted by molar-refractivity contribution is -0.143. The molecule has 0 heterocycles. The number of benzene rings is 2. The molecular weight excluding hydrogens is 359 g/mol. The van der Waals surface area contributed by atoms with E-state index in [0.29, 0.717) is 6.42 Å². The second-order valence-electron chi connectivity index (χ2n) is 6.81. The number of nitrogens with zero attached hydrogens (tertiary/aromatic N) is 1. The number of halogens is 1. The van der Waals surface area contributed by atoms with Gasteiger partial charge in [-0.25, -0.2) is 4.39 Å². The van der Waals surface area contributed by atoms with Crippen molar-refractivity contribution in [3.63, 3.8) is 0 Å². The molecule has 2 rings (SSSR count). The van der Waals surface area contributed by atoms with Crippen molar-refractivity contribution < 1.29 is 18.7 Å². The highest BCUT2D eigenvalue weighted by atomic mass is 19.1. The van der Waals surface area contributed by atoms with Crippen LogP contribution in [0.5, 0.6) is 5.75 Å². The first kappa shape index (κ1) is 21.4. The summed E-state index contributed by atoms with van der Waals surface area (Å²) >= 11 is 0. The van der Waals surface area contributed by atoms with Gasteiger partial charge in [0.25, 0.3) is 5.91 Å². The highest BCUT2D eigenvalue weighted by Gasteiger charge is 2.29. The highest BCUT2D eigenvalue weighted by molar-refractivity contribution is 5.88. The fraction of sp³-hybridized carbons (Fsp3) is 0.364. The first-order chi connectivity index (χ1) is 13.4. The Morgan fingerprint density at radius 1 is 1.07 bits per heavy atom. The molecule has 0 bridgehead atoms. The Morgan fingerprint density at radius 3 is 2.32 bits per heavy atom. The second-order valence-corrected chi connectivity index (χ2v) is 6.81. The zero-order valence-electron chi connectivity index (χ0n) is 16.5. The standard InChI is InChI=1S/C22H27FN2O3/c1-4-19(22(27)24-16(2)3)25(14-17-10-6-5-7-11-17)21(26)15-28-20-13-9-8-12-18(20)23/h5-13,16,19H,4,14-15H2,1-3H3,(H,24,27)/t19-/m1/s1. The van der Waals surface area contributed by atoms with Crippen LogP contribution >= 0.6 is 0 Å². The molecule has 2 aromatic rings. The Bertz CT molecular complexity index is 780. The molecule has 0 fully saturated rings. The zero-order valence-corrected chi connectivity index (χ0v) is 16.5. The number of ether oxygens (including phenoxy) is 1. The summed E-state index contributed by atoms with van der Waals surface area (Å²) in [7, 11) is 0. The third-order valence-electron chi connectivity index (χ3n) is 4.20. The van der Waals surface area contributed by atoms with Gasteiger partial charge in [0.1, 0.15) is 6.04 Å². The van der Waals surface area contributed by atoms with Gasteiger partial charge in [-0.1, -0.05) is 49.4 Å². The summed E-state index contributed by atoms with van der Waals surface area (Å²) in [5, 5.41) is 2.86. The van der Waals surface area contributed by atoms with Crippen LogP contribution in [0.25, 0.3) is 0 Å². The van der Waals surface area contributed by atoms with Crippen molar-refractivity contribution in [1.82, 2.24) is 10.2 Å². The largest absolute Gasteiger partial charge is 0.481 e. The van der Waals surface area contributed by atoms with Crippen LogP contribution in [0.1, 0.15) is 32.8 Å². The van der Waals surface area contributed by atoms with Crippen LogP contribution in [0.4, 0.5) is 4.39 Å². The molecule has 6 heteroatoms. The van der Waals surface area contributed by atoms with Gasteiger partial charge in [-0.15, -0.1) is 0 Å². The van der Waals surface area contributed by atoms with Crippen LogP contribution in [-0.4, -0.2) is 35.4 Å². The Kier molecular flexibility index (Phi) is 7.99. The van der Waals surface area contributed by atoms with Gasteiger partial charge in [0, 0.05) is 12.6 Å². The molecule has 0 aliphatic heterocycles. The lowest BCUT2D eigenvalue weighted by Gasteiger charge is -2.31. The molecule has 0 aliphatic rings. The number of hydrogen-bond acceptors (Lipinski definition) is 3. The number of carbonyl (C=O) groups excluding carboxylic acids is 2. The van der Waals surface area contributed by atoms with E-state index in [2.05, 4.69) is 5.32 Å². The molecule has 2 amide bonds. The van der Waals surface area contributed by atoms with Gasteiger partial charge in [-0.2, -0.15) is 0 Å². The number of para-hydroxylation sites is 1. The van der Waals surface area contributed by atoms with Gasteiger partial charge in [0.05, 0.1) is 0 Å². The van der Waals surface area contributed by atoms with E-state index in [0.717, 1.165) is 5.56 Å². The van der Waals surface area contributed by atoms with Crippen LogP contribution < -0.4 is 10.1 Å². The molecule has 0 radical (unpaired) electrons. The number of hydrogen-bond donors (Lipinski definition) is 1. The van der Waals surface area contributed by atoms with Gasteiger partial charge < -0.3 is 15.0 Å². The smallest absolute Gasteiger partial charge is 0.261 e. The monoisotopic (exact) mass is 386 g/mol. The summed E-state index contributed by atoms with van der Waals surface area (Å²) in [5.74, 6) is -1.12. The van der Waals surface area contributed by atoms with Gasteiger partial charge in [0.2, 0.25) is 5.91 Å². The van der Waals surface area contributed by atoms with Crippen LogP contribution in [0.15, 0.2) is 54.6 Å². The summed E-state index contributed by atoms with van der Waals surface area (Å²) in [6.07, 6.45) is 0.455. The lowest BCUT2D eigenvalue weighted by Crippen LogP contribution is -2.51. The van der Waals surface area contributed by atoms with E-state index in [4.69, 9.17) is 4.74 Å².